The van der Waals surface area contributed by atoms with Gasteiger partial charge in [-0.1, -0.05) is 6.92 Å². The molecule has 2 aliphatic rings. The van der Waals surface area contributed by atoms with Crippen LogP contribution in [0.15, 0.2) is 0 Å². The molecule has 3 nitrogen and oxygen atoms in total. The molecule has 2 rings (SSSR count). The van der Waals surface area contributed by atoms with Gasteiger partial charge in [-0.25, -0.2) is 0 Å². The first-order chi connectivity index (χ1) is 5.68. The van der Waals surface area contributed by atoms with Crippen LogP contribution in [0.3, 0.4) is 0 Å². The van der Waals surface area contributed by atoms with Crippen molar-refractivity contribution in [3.63, 3.8) is 0 Å². The summed E-state index contributed by atoms with van der Waals surface area (Å²) < 4.78 is 10.6. The van der Waals surface area contributed by atoms with Gasteiger partial charge in [0, 0.05) is 0 Å². The lowest BCUT2D eigenvalue weighted by atomic mass is 9.99. The lowest BCUT2D eigenvalue weighted by Gasteiger charge is -2.15. The Morgan fingerprint density at radius 1 is 1.33 bits per heavy atom. The molecule has 0 saturated carbocycles. The first-order valence-corrected chi connectivity index (χ1v) is 4.63. The van der Waals surface area contributed by atoms with E-state index in [0.29, 0.717) is 12.5 Å². The minimum atomic E-state index is -0.405. The average molecular weight is 172 g/mol. The molecule has 0 aromatic heterocycles. The molecule has 2 aliphatic heterocycles. The Morgan fingerprint density at radius 2 is 2.00 bits per heavy atom. The first kappa shape index (κ1) is 8.48. The standard InChI is InChI=1S/C9H16O3/c1-5-3-7(12-6(5)2)9(10)8-4-11-8/h5-10H,3-4H2,1-2H3/t5-,6+,7?,8?,9?/m1/s1. The summed E-state index contributed by atoms with van der Waals surface area (Å²) in [5.74, 6) is 0.559. The van der Waals surface area contributed by atoms with Crippen molar-refractivity contribution in [2.45, 2.75) is 44.7 Å². The molecule has 3 unspecified atom stereocenters. The largest absolute Gasteiger partial charge is 0.388 e. The maximum absolute atomic E-state index is 9.67. The van der Waals surface area contributed by atoms with Gasteiger partial charge in [0.15, 0.2) is 0 Å². The molecule has 3 heteroatoms. The summed E-state index contributed by atoms with van der Waals surface area (Å²) in [6.07, 6.45) is 0.887. The molecule has 5 atom stereocenters. The molecule has 1 N–H and O–H groups in total. The zero-order valence-corrected chi connectivity index (χ0v) is 7.56. The van der Waals surface area contributed by atoms with Crippen molar-refractivity contribution in [3.05, 3.63) is 0 Å². The lowest BCUT2D eigenvalue weighted by Crippen LogP contribution is -2.30. The number of hydrogen-bond donors (Lipinski definition) is 1. The van der Waals surface area contributed by atoms with E-state index in [1.165, 1.54) is 0 Å². The second-order valence-electron chi connectivity index (χ2n) is 3.96. The van der Waals surface area contributed by atoms with Crippen LogP contribution in [0.4, 0.5) is 0 Å². The van der Waals surface area contributed by atoms with Crippen molar-refractivity contribution < 1.29 is 14.6 Å². The number of aliphatic hydroxyl groups is 1. The second-order valence-corrected chi connectivity index (χ2v) is 3.96. The van der Waals surface area contributed by atoms with Crippen molar-refractivity contribution in [2.24, 2.45) is 5.92 Å². The second kappa shape index (κ2) is 2.98. The highest BCUT2D eigenvalue weighted by molar-refractivity contribution is 4.90. The average Bonchev–Trinajstić information content (AvgIpc) is 2.80. The minimum Gasteiger partial charge on any atom is -0.388 e. The van der Waals surface area contributed by atoms with Gasteiger partial charge in [0.1, 0.15) is 12.2 Å². The van der Waals surface area contributed by atoms with E-state index in [0.717, 1.165) is 6.42 Å². The lowest BCUT2D eigenvalue weighted by molar-refractivity contribution is -0.0405. The van der Waals surface area contributed by atoms with E-state index in [2.05, 4.69) is 13.8 Å². The van der Waals surface area contributed by atoms with Gasteiger partial charge in [0.2, 0.25) is 0 Å². The van der Waals surface area contributed by atoms with Gasteiger partial charge in [-0.15, -0.1) is 0 Å². The van der Waals surface area contributed by atoms with Crippen LogP contribution in [0.2, 0.25) is 0 Å². The fourth-order valence-electron chi connectivity index (χ4n) is 1.74. The topological polar surface area (TPSA) is 42.0 Å². The molecule has 0 aromatic rings. The van der Waals surface area contributed by atoms with Gasteiger partial charge in [0.05, 0.1) is 18.8 Å². The van der Waals surface area contributed by atoms with E-state index in [1.54, 1.807) is 0 Å². The van der Waals surface area contributed by atoms with Crippen LogP contribution in [0, 0.1) is 5.92 Å². The van der Waals surface area contributed by atoms with Crippen LogP contribution >= 0.6 is 0 Å². The molecule has 0 aromatic carbocycles. The van der Waals surface area contributed by atoms with Crippen LogP contribution < -0.4 is 0 Å². The van der Waals surface area contributed by atoms with Crippen LogP contribution in [-0.4, -0.2) is 36.1 Å². The summed E-state index contributed by atoms with van der Waals surface area (Å²) in [6, 6.07) is 0. The number of aliphatic hydroxyl groups excluding tert-OH is 1. The van der Waals surface area contributed by atoms with Crippen molar-refractivity contribution >= 4 is 0 Å². The van der Waals surface area contributed by atoms with Gasteiger partial charge in [-0.05, 0) is 19.3 Å². The quantitative estimate of drug-likeness (QED) is 0.619. The SMILES string of the molecule is C[C@@H]1CC(C(O)C2CO2)O[C@H]1C. The predicted molar refractivity (Wildman–Crippen MR) is 43.9 cm³/mol. The Bertz CT molecular complexity index is 157. The van der Waals surface area contributed by atoms with Gasteiger partial charge >= 0.3 is 0 Å². The zero-order chi connectivity index (χ0) is 8.72. The Kier molecular flexibility index (Phi) is 2.10. The smallest absolute Gasteiger partial charge is 0.109 e. The monoisotopic (exact) mass is 172 g/mol. The molecule has 2 saturated heterocycles. The van der Waals surface area contributed by atoms with E-state index < -0.39 is 6.10 Å². The zero-order valence-electron chi connectivity index (χ0n) is 7.56. The summed E-state index contributed by atoms with van der Waals surface area (Å²) >= 11 is 0. The third-order valence-electron chi connectivity index (χ3n) is 2.92. The highest BCUT2D eigenvalue weighted by Gasteiger charge is 2.42. The van der Waals surface area contributed by atoms with E-state index in [-0.39, 0.29) is 18.3 Å². The molecule has 0 bridgehead atoms. The van der Waals surface area contributed by atoms with Gasteiger partial charge in [0.25, 0.3) is 0 Å². The van der Waals surface area contributed by atoms with E-state index >= 15 is 0 Å². The molecule has 12 heavy (non-hydrogen) atoms. The number of epoxide rings is 1. The van der Waals surface area contributed by atoms with E-state index in [4.69, 9.17) is 9.47 Å². The summed E-state index contributed by atoms with van der Waals surface area (Å²) in [6.45, 7) is 4.92. The fraction of sp³-hybridized carbons (Fsp3) is 1.00. The number of ether oxygens (including phenoxy) is 2. The van der Waals surface area contributed by atoms with Crippen LogP contribution in [-0.2, 0) is 9.47 Å². The van der Waals surface area contributed by atoms with Crippen LogP contribution in [0.5, 0.6) is 0 Å². The molecule has 0 amide bonds. The van der Waals surface area contributed by atoms with Crippen LogP contribution in [0.25, 0.3) is 0 Å². The molecule has 0 aliphatic carbocycles. The van der Waals surface area contributed by atoms with Crippen molar-refractivity contribution in [1.82, 2.24) is 0 Å². The number of rotatable bonds is 2. The molecule has 0 radical (unpaired) electrons. The fourth-order valence-corrected chi connectivity index (χ4v) is 1.74. The molecular weight excluding hydrogens is 156 g/mol. The minimum absolute atomic E-state index is 0.00231. The summed E-state index contributed by atoms with van der Waals surface area (Å²) in [4.78, 5) is 0. The van der Waals surface area contributed by atoms with Gasteiger partial charge < -0.3 is 14.6 Å². The summed E-state index contributed by atoms with van der Waals surface area (Å²) in [5, 5.41) is 9.67. The molecule has 2 heterocycles. The Morgan fingerprint density at radius 3 is 2.42 bits per heavy atom. The highest BCUT2D eigenvalue weighted by atomic mass is 16.6. The van der Waals surface area contributed by atoms with Crippen molar-refractivity contribution in [1.29, 1.82) is 0 Å². The Hall–Kier alpha value is -0.120. The maximum atomic E-state index is 9.67. The van der Waals surface area contributed by atoms with Gasteiger partial charge in [-0.3, -0.25) is 0 Å². The third-order valence-corrected chi connectivity index (χ3v) is 2.92. The molecule has 70 valence electrons. The first-order valence-electron chi connectivity index (χ1n) is 4.63. The Balaban J connectivity index is 1.88. The molecule has 2 fully saturated rings. The Labute approximate surface area is 72.7 Å². The van der Waals surface area contributed by atoms with E-state index in [9.17, 15) is 5.11 Å². The third kappa shape index (κ3) is 1.49. The predicted octanol–water partition coefficient (Wildman–Crippen LogP) is 0.560. The van der Waals surface area contributed by atoms with Crippen LogP contribution in [0.1, 0.15) is 20.3 Å². The number of hydrogen-bond acceptors (Lipinski definition) is 3. The normalized spacial score (nSPS) is 49.2. The highest BCUT2D eigenvalue weighted by Crippen LogP contribution is 2.31. The molecular formula is C9H16O3. The summed E-state index contributed by atoms with van der Waals surface area (Å²) in [7, 11) is 0. The van der Waals surface area contributed by atoms with Crippen molar-refractivity contribution in [2.75, 3.05) is 6.61 Å². The van der Waals surface area contributed by atoms with Crippen molar-refractivity contribution in [3.8, 4) is 0 Å². The summed E-state index contributed by atoms with van der Waals surface area (Å²) in [5.41, 5.74) is 0. The maximum Gasteiger partial charge on any atom is 0.109 e. The van der Waals surface area contributed by atoms with Gasteiger partial charge in [-0.2, -0.15) is 0 Å². The molecule has 0 spiro atoms. The van der Waals surface area contributed by atoms with E-state index in [1.807, 2.05) is 0 Å².